The molecule has 1 aromatic rings. The molecule has 1 saturated heterocycles. The van der Waals surface area contributed by atoms with Crippen LogP contribution in [0.15, 0.2) is 29.2 Å². The highest BCUT2D eigenvalue weighted by Crippen LogP contribution is 2.27. The van der Waals surface area contributed by atoms with Crippen LogP contribution in [0.5, 0.6) is 5.75 Å². The standard InChI is InChI=1S/C15H21N3O6S/c1-10(19)16-11-7-8-18(14(9-11)15(20)17-21)25(22,23)13-5-3-12(24-2)4-6-13/h3-6,11,14,21H,7-9H2,1-2H3,(H,16,19)(H,17,20)/t11-,14-/m1/s1. The first-order valence-electron chi connectivity index (χ1n) is 7.66. The number of hydrogen-bond acceptors (Lipinski definition) is 6. The Morgan fingerprint density at radius 1 is 1.28 bits per heavy atom. The average Bonchev–Trinajstić information content (AvgIpc) is 2.60. The fraction of sp³-hybridized carbons (Fsp3) is 0.467. The van der Waals surface area contributed by atoms with Gasteiger partial charge in [-0.25, -0.2) is 13.9 Å². The molecular weight excluding hydrogens is 350 g/mol. The smallest absolute Gasteiger partial charge is 0.261 e. The van der Waals surface area contributed by atoms with Crippen molar-refractivity contribution in [3.8, 4) is 5.75 Å². The van der Waals surface area contributed by atoms with E-state index in [1.54, 1.807) is 0 Å². The van der Waals surface area contributed by atoms with Gasteiger partial charge in [-0.15, -0.1) is 0 Å². The second-order valence-electron chi connectivity index (χ2n) is 5.70. The molecule has 2 atom stereocenters. The van der Waals surface area contributed by atoms with Crippen LogP contribution in [-0.2, 0) is 19.6 Å². The van der Waals surface area contributed by atoms with E-state index in [0.29, 0.717) is 12.2 Å². The first-order valence-corrected chi connectivity index (χ1v) is 9.10. The van der Waals surface area contributed by atoms with Gasteiger partial charge in [0.2, 0.25) is 15.9 Å². The Labute approximate surface area is 146 Å². The lowest BCUT2D eigenvalue weighted by Gasteiger charge is -2.37. The zero-order chi connectivity index (χ0) is 18.6. The fourth-order valence-electron chi connectivity index (χ4n) is 2.85. The van der Waals surface area contributed by atoms with Gasteiger partial charge in [-0.3, -0.25) is 14.8 Å². The Hall–Kier alpha value is -2.17. The molecule has 0 aromatic heterocycles. The lowest BCUT2D eigenvalue weighted by molar-refractivity contribution is -0.134. The van der Waals surface area contributed by atoms with E-state index in [-0.39, 0.29) is 29.8 Å². The number of hydrogen-bond donors (Lipinski definition) is 3. The maximum absolute atomic E-state index is 12.9. The Morgan fingerprint density at radius 2 is 1.92 bits per heavy atom. The number of ether oxygens (including phenoxy) is 1. The third-order valence-electron chi connectivity index (χ3n) is 4.04. The van der Waals surface area contributed by atoms with E-state index < -0.39 is 22.0 Å². The molecular formula is C15H21N3O6S. The van der Waals surface area contributed by atoms with E-state index in [0.717, 1.165) is 4.31 Å². The first-order chi connectivity index (χ1) is 11.8. The number of carbonyl (C=O) groups is 2. The summed E-state index contributed by atoms with van der Waals surface area (Å²) in [7, 11) is -2.48. The maximum atomic E-state index is 12.9. The van der Waals surface area contributed by atoms with E-state index in [1.807, 2.05) is 0 Å². The maximum Gasteiger partial charge on any atom is 0.261 e. The van der Waals surface area contributed by atoms with Crippen molar-refractivity contribution in [1.82, 2.24) is 15.1 Å². The summed E-state index contributed by atoms with van der Waals surface area (Å²) < 4.78 is 31.8. The van der Waals surface area contributed by atoms with Gasteiger partial charge in [0.05, 0.1) is 12.0 Å². The summed E-state index contributed by atoms with van der Waals surface area (Å²) >= 11 is 0. The van der Waals surface area contributed by atoms with Crippen LogP contribution in [0.3, 0.4) is 0 Å². The number of rotatable bonds is 5. The van der Waals surface area contributed by atoms with Crippen molar-refractivity contribution in [2.24, 2.45) is 0 Å². The van der Waals surface area contributed by atoms with Gasteiger partial charge in [-0.05, 0) is 37.1 Å². The molecule has 1 aromatic carbocycles. The molecule has 138 valence electrons. The molecule has 2 amide bonds. The quantitative estimate of drug-likeness (QED) is 0.489. The SMILES string of the molecule is COc1ccc(S(=O)(=O)N2CC[C@@H](NC(C)=O)C[C@@H]2C(=O)NO)cc1. The van der Waals surface area contributed by atoms with E-state index in [1.165, 1.54) is 43.8 Å². The summed E-state index contributed by atoms with van der Waals surface area (Å²) in [5, 5.41) is 11.6. The summed E-state index contributed by atoms with van der Waals surface area (Å²) in [6.07, 6.45) is 0.436. The minimum absolute atomic E-state index is 0.0158. The number of benzene rings is 1. The van der Waals surface area contributed by atoms with Crippen LogP contribution in [0.2, 0.25) is 0 Å². The summed E-state index contributed by atoms with van der Waals surface area (Å²) in [5.41, 5.74) is 1.50. The van der Waals surface area contributed by atoms with Crippen LogP contribution in [0.4, 0.5) is 0 Å². The first kappa shape index (κ1) is 19.2. The predicted molar refractivity (Wildman–Crippen MR) is 87.4 cm³/mol. The molecule has 0 bridgehead atoms. The summed E-state index contributed by atoms with van der Waals surface area (Å²) in [4.78, 5) is 23.2. The number of piperidine rings is 1. The lowest BCUT2D eigenvalue weighted by Crippen LogP contribution is -2.56. The van der Waals surface area contributed by atoms with Crippen molar-refractivity contribution in [1.29, 1.82) is 0 Å². The van der Waals surface area contributed by atoms with Crippen molar-refractivity contribution < 1.29 is 28.0 Å². The number of nitrogens with zero attached hydrogens (tertiary/aromatic N) is 1. The van der Waals surface area contributed by atoms with Crippen LogP contribution in [-0.4, -0.2) is 55.5 Å². The minimum Gasteiger partial charge on any atom is -0.497 e. The van der Waals surface area contributed by atoms with Gasteiger partial charge >= 0.3 is 0 Å². The number of hydroxylamine groups is 1. The highest BCUT2D eigenvalue weighted by atomic mass is 32.2. The number of sulfonamides is 1. The van der Waals surface area contributed by atoms with Crippen molar-refractivity contribution >= 4 is 21.8 Å². The third-order valence-corrected chi connectivity index (χ3v) is 5.96. The van der Waals surface area contributed by atoms with Crippen molar-refractivity contribution in [2.75, 3.05) is 13.7 Å². The van der Waals surface area contributed by atoms with Crippen molar-refractivity contribution in [3.05, 3.63) is 24.3 Å². The van der Waals surface area contributed by atoms with E-state index in [4.69, 9.17) is 9.94 Å². The second-order valence-corrected chi connectivity index (χ2v) is 7.60. The Balaban J connectivity index is 2.30. The number of carbonyl (C=O) groups excluding carboxylic acids is 2. The zero-order valence-electron chi connectivity index (χ0n) is 13.9. The van der Waals surface area contributed by atoms with E-state index >= 15 is 0 Å². The average molecular weight is 371 g/mol. The predicted octanol–water partition coefficient (Wildman–Crippen LogP) is -0.142. The van der Waals surface area contributed by atoms with Gasteiger partial charge in [-0.2, -0.15) is 4.31 Å². The third kappa shape index (κ3) is 4.27. The topological polar surface area (TPSA) is 125 Å². The Bertz CT molecular complexity index is 734. The van der Waals surface area contributed by atoms with Crippen LogP contribution in [0, 0.1) is 0 Å². The molecule has 0 unspecified atom stereocenters. The monoisotopic (exact) mass is 371 g/mol. The van der Waals surface area contributed by atoms with Gasteiger partial charge in [0.25, 0.3) is 5.91 Å². The number of nitrogens with one attached hydrogen (secondary N) is 2. The van der Waals surface area contributed by atoms with Gasteiger partial charge in [0, 0.05) is 19.5 Å². The number of methoxy groups -OCH3 is 1. The molecule has 10 heteroatoms. The van der Waals surface area contributed by atoms with Gasteiger partial charge < -0.3 is 10.1 Å². The minimum atomic E-state index is -3.95. The van der Waals surface area contributed by atoms with Crippen LogP contribution in [0.25, 0.3) is 0 Å². The van der Waals surface area contributed by atoms with Crippen LogP contribution < -0.4 is 15.5 Å². The summed E-state index contributed by atoms with van der Waals surface area (Å²) in [6.45, 7) is 1.39. The summed E-state index contributed by atoms with van der Waals surface area (Å²) in [5.74, 6) is -0.597. The molecule has 0 spiro atoms. The number of amides is 2. The van der Waals surface area contributed by atoms with Crippen LogP contribution in [0.1, 0.15) is 19.8 Å². The van der Waals surface area contributed by atoms with Crippen molar-refractivity contribution in [3.63, 3.8) is 0 Å². The molecule has 3 N–H and O–H groups in total. The molecule has 25 heavy (non-hydrogen) atoms. The molecule has 0 saturated carbocycles. The molecule has 0 radical (unpaired) electrons. The lowest BCUT2D eigenvalue weighted by atomic mass is 9.99. The fourth-order valence-corrected chi connectivity index (χ4v) is 4.46. The highest BCUT2D eigenvalue weighted by molar-refractivity contribution is 7.89. The van der Waals surface area contributed by atoms with E-state index in [9.17, 15) is 18.0 Å². The zero-order valence-corrected chi connectivity index (χ0v) is 14.7. The van der Waals surface area contributed by atoms with E-state index in [2.05, 4.69) is 5.32 Å². The molecule has 1 aliphatic heterocycles. The second kappa shape index (κ2) is 7.81. The molecule has 1 fully saturated rings. The molecule has 1 heterocycles. The van der Waals surface area contributed by atoms with Gasteiger partial charge in [0.15, 0.2) is 0 Å². The Kier molecular flexibility index (Phi) is 5.98. The normalized spacial score (nSPS) is 21.4. The molecule has 1 aliphatic rings. The van der Waals surface area contributed by atoms with Crippen molar-refractivity contribution in [2.45, 2.75) is 36.7 Å². The van der Waals surface area contributed by atoms with Crippen LogP contribution >= 0.6 is 0 Å². The highest BCUT2D eigenvalue weighted by Gasteiger charge is 2.40. The largest absolute Gasteiger partial charge is 0.497 e. The molecule has 9 nitrogen and oxygen atoms in total. The molecule has 0 aliphatic carbocycles. The summed E-state index contributed by atoms with van der Waals surface area (Å²) in [6, 6.07) is 4.34. The Morgan fingerprint density at radius 3 is 2.44 bits per heavy atom. The molecule has 2 rings (SSSR count). The van der Waals surface area contributed by atoms with Gasteiger partial charge in [-0.1, -0.05) is 0 Å². The van der Waals surface area contributed by atoms with Gasteiger partial charge in [0.1, 0.15) is 11.8 Å².